The highest BCUT2D eigenvalue weighted by Gasteiger charge is 2.06. The Bertz CT molecular complexity index is 581. The molecule has 0 saturated carbocycles. The van der Waals surface area contributed by atoms with Crippen LogP contribution in [-0.2, 0) is 6.61 Å². The molecule has 3 nitrogen and oxygen atoms in total. The van der Waals surface area contributed by atoms with Crippen molar-refractivity contribution in [1.82, 2.24) is 0 Å². The molecule has 112 valence electrons. The van der Waals surface area contributed by atoms with Crippen molar-refractivity contribution in [3.8, 4) is 11.5 Å². The largest absolute Gasteiger partial charge is 0.497 e. The van der Waals surface area contributed by atoms with Crippen LogP contribution in [-0.4, -0.2) is 12.2 Å². The second-order valence-corrected chi connectivity index (χ2v) is 5.59. The van der Waals surface area contributed by atoms with Gasteiger partial charge in [0.1, 0.15) is 18.1 Å². The summed E-state index contributed by atoms with van der Waals surface area (Å²) in [5, 5.41) is 9.76. The van der Waals surface area contributed by atoms with Gasteiger partial charge in [-0.05, 0) is 42.3 Å². The zero-order valence-corrected chi connectivity index (χ0v) is 13.8. The molecule has 0 spiro atoms. The molecule has 21 heavy (non-hydrogen) atoms. The molecule has 0 aromatic heterocycles. The number of hydrogen-bond acceptors (Lipinski definition) is 3. The predicted octanol–water partition coefficient (Wildman–Crippen LogP) is 4.48. The fourth-order valence-corrected chi connectivity index (χ4v) is 2.33. The first kappa shape index (κ1) is 15.9. The average Bonchev–Trinajstić information content (AvgIpc) is 2.54. The molecule has 0 aliphatic rings. The number of aliphatic hydroxyl groups is 1. The molecule has 0 saturated heterocycles. The van der Waals surface area contributed by atoms with Gasteiger partial charge in [0.05, 0.1) is 13.2 Å². The summed E-state index contributed by atoms with van der Waals surface area (Å²) < 4.78 is 12.0. The Morgan fingerprint density at radius 2 is 1.76 bits per heavy atom. The van der Waals surface area contributed by atoms with Crippen molar-refractivity contribution in [3.05, 3.63) is 58.1 Å². The van der Waals surface area contributed by atoms with E-state index >= 15 is 0 Å². The van der Waals surface area contributed by atoms with E-state index in [-0.39, 0.29) is 0 Å². The summed E-state index contributed by atoms with van der Waals surface area (Å²) in [6, 6.07) is 13.3. The van der Waals surface area contributed by atoms with E-state index in [1.54, 1.807) is 7.11 Å². The quantitative estimate of drug-likeness (QED) is 0.834. The first-order chi connectivity index (χ1) is 10.1. The summed E-state index contributed by atoms with van der Waals surface area (Å²) >= 11 is 3.50. The van der Waals surface area contributed by atoms with Crippen molar-refractivity contribution in [3.63, 3.8) is 0 Å². The number of methoxy groups -OCH3 is 1. The first-order valence-electron chi connectivity index (χ1n) is 6.87. The van der Waals surface area contributed by atoms with Crippen molar-refractivity contribution in [2.45, 2.75) is 26.1 Å². The molecule has 0 heterocycles. The summed E-state index contributed by atoms with van der Waals surface area (Å²) in [4.78, 5) is 0. The van der Waals surface area contributed by atoms with Gasteiger partial charge in [0.25, 0.3) is 0 Å². The fraction of sp³-hybridized carbons (Fsp3) is 0.294. The second-order valence-electron chi connectivity index (χ2n) is 4.74. The molecule has 1 N–H and O–H groups in total. The Morgan fingerprint density at radius 1 is 1.10 bits per heavy atom. The van der Waals surface area contributed by atoms with Crippen LogP contribution in [0.5, 0.6) is 11.5 Å². The Kier molecular flexibility index (Phi) is 5.65. The molecule has 0 amide bonds. The van der Waals surface area contributed by atoms with E-state index in [0.717, 1.165) is 27.1 Å². The molecule has 2 aromatic rings. The van der Waals surface area contributed by atoms with Gasteiger partial charge in [0.15, 0.2) is 0 Å². The van der Waals surface area contributed by atoms with Crippen molar-refractivity contribution in [2.75, 3.05) is 7.11 Å². The van der Waals surface area contributed by atoms with Gasteiger partial charge in [-0.25, -0.2) is 0 Å². The molecule has 0 bridgehead atoms. The van der Waals surface area contributed by atoms with Crippen LogP contribution in [0.15, 0.2) is 46.9 Å². The van der Waals surface area contributed by atoms with Gasteiger partial charge in [-0.3, -0.25) is 0 Å². The lowest BCUT2D eigenvalue weighted by Crippen LogP contribution is -1.98. The minimum absolute atomic E-state index is 0.411. The molecular formula is C17H19BrO3. The van der Waals surface area contributed by atoms with Gasteiger partial charge in [-0.15, -0.1) is 0 Å². The summed E-state index contributed by atoms with van der Waals surface area (Å²) in [7, 11) is 1.64. The normalized spacial score (nSPS) is 12.0. The van der Waals surface area contributed by atoms with E-state index in [2.05, 4.69) is 15.9 Å². The molecule has 2 aromatic carbocycles. The molecular weight excluding hydrogens is 332 g/mol. The van der Waals surface area contributed by atoms with Gasteiger partial charge in [-0.2, -0.15) is 0 Å². The second kappa shape index (κ2) is 7.48. The number of aliphatic hydroxyl groups excluding tert-OH is 1. The maximum absolute atomic E-state index is 9.76. The number of ether oxygens (including phenoxy) is 2. The predicted molar refractivity (Wildman–Crippen MR) is 86.7 cm³/mol. The molecule has 2 rings (SSSR count). The van der Waals surface area contributed by atoms with E-state index in [4.69, 9.17) is 9.47 Å². The number of rotatable bonds is 6. The third-order valence-corrected chi connectivity index (χ3v) is 4.07. The highest BCUT2D eigenvalue weighted by atomic mass is 79.9. The van der Waals surface area contributed by atoms with Gasteiger partial charge in [-0.1, -0.05) is 35.0 Å². The summed E-state index contributed by atoms with van der Waals surface area (Å²) in [5.74, 6) is 1.58. The highest BCUT2D eigenvalue weighted by molar-refractivity contribution is 9.10. The van der Waals surface area contributed by atoms with Crippen LogP contribution >= 0.6 is 15.9 Å². The number of benzene rings is 2. The zero-order valence-electron chi connectivity index (χ0n) is 12.2. The lowest BCUT2D eigenvalue weighted by Gasteiger charge is -2.11. The Morgan fingerprint density at radius 3 is 2.38 bits per heavy atom. The SMILES string of the molecule is CC[C@@H](O)c1ccc(OCc2cc(OC)ccc2Br)cc1. The van der Waals surface area contributed by atoms with E-state index < -0.39 is 6.10 Å². The van der Waals surface area contributed by atoms with Crippen molar-refractivity contribution in [2.24, 2.45) is 0 Å². The lowest BCUT2D eigenvalue weighted by molar-refractivity contribution is 0.173. The van der Waals surface area contributed by atoms with Crippen LogP contribution in [0.25, 0.3) is 0 Å². The van der Waals surface area contributed by atoms with Crippen LogP contribution in [0, 0.1) is 0 Å². The number of hydrogen-bond donors (Lipinski definition) is 1. The molecule has 0 unspecified atom stereocenters. The summed E-state index contributed by atoms with van der Waals surface area (Å²) in [5.41, 5.74) is 1.93. The van der Waals surface area contributed by atoms with Gasteiger partial charge in [0, 0.05) is 10.0 Å². The fourth-order valence-electron chi connectivity index (χ4n) is 1.97. The molecule has 0 aliphatic carbocycles. The Balaban J connectivity index is 2.03. The van der Waals surface area contributed by atoms with Crippen molar-refractivity contribution in [1.29, 1.82) is 0 Å². The van der Waals surface area contributed by atoms with Gasteiger partial charge >= 0.3 is 0 Å². The van der Waals surface area contributed by atoms with Crippen LogP contribution in [0.2, 0.25) is 0 Å². The van der Waals surface area contributed by atoms with Crippen LogP contribution < -0.4 is 9.47 Å². The van der Waals surface area contributed by atoms with Crippen molar-refractivity contribution < 1.29 is 14.6 Å². The first-order valence-corrected chi connectivity index (χ1v) is 7.66. The van der Waals surface area contributed by atoms with Crippen molar-refractivity contribution >= 4 is 15.9 Å². The van der Waals surface area contributed by atoms with E-state index in [9.17, 15) is 5.11 Å². The molecule has 0 radical (unpaired) electrons. The topological polar surface area (TPSA) is 38.7 Å². The summed E-state index contributed by atoms with van der Waals surface area (Å²) in [6.45, 7) is 2.41. The van der Waals surface area contributed by atoms with E-state index in [0.29, 0.717) is 13.0 Å². The van der Waals surface area contributed by atoms with Crippen LogP contribution in [0.3, 0.4) is 0 Å². The van der Waals surface area contributed by atoms with Gasteiger partial charge < -0.3 is 14.6 Å². The minimum Gasteiger partial charge on any atom is -0.497 e. The standard InChI is InChI=1S/C17H19BrO3/c1-3-17(19)12-4-6-14(7-5-12)21-11-13-10-15(20-2)8-9-16(13)18/h4-10,17,19H,3,11H2,1-2H3/t17-/m1/s1. The van der Waals surface area contributed by atoms with E-state index in [1.165, 1.54) is 0 Å². The Hall–Kier alpha value is -1.52. The third-order valence-electron chi connectivity index (χ3n) is 3.30. The van der Waals surface area contributed by atoms with Crippen LogP contribution in [0.4, 0.5) is 0 Å². The summed E-state index contributed by atoms with van der Waals surface area (Å²) in [6.07, 6.45) is 0.295. The Labute approximate surface area is 133 Å². The minimum atomic E-state index is -0.411. The molecule has 0 fully saturated rings. The van der Waals surface area contributed by atoms with Crippen LogP contribution in [0.1, 0.15) is 30.6 Å². The third kappa shape index (κ3) is 4.22. The lowest BCUT2D eigenvalue weighted by atomic mass is 10.1. The smallest absolute Gasteiger partial charge is 0.119 e. The molecule has 4 heteroatoms. The van der Waals surface area contributed by atoms with E-state index in [1.807, 2.05) is 49.4 Å². The molecule has 0 aliphatic heterocycles. The maximum Gasteiger partial charge on any atom is 0.119 e. The number of halogens is 1. The van der Waals surface area contributed by atoms with Gasteiger partial charge in [0.2, 0.25) is 0 Å². The average molecular weight is 351 g/mol. The zero-order chi connectivity index (χ0) is 15.2. The highest BCUT2D eigenvalue weighted by Crippen LogP contribution is 2.25. The maximum atomic E-state index is 9.76. The molecule has 1 atom stereocenters. The monoisotopic (exact) mass is 350 g/mol.